The van der Waals surface area contributed by atoms with Gasteiger partial charge in [-0.05, 0) is 24.5 Å². The molecule has 11 heteroatoms. The third-order valence-corrected chi connectivity index (χ3v) is 5.32. The van der Waals surface area contributed by atoms with Gasteiger partial charge >= 0.3 is 12.1 Å². The second kappa shape index (κ2) is 10.9. The summed E-state index contributed by atoms with van der Waals surface area (Å²) in [7, 11) is 0. The first kappa shape index (κ1) is 25.8. The van der Waals surface area contributed by atoms with Gasteiger partial charge in [0.2, 0.25) is 0 Å². The number of carbonyl (C=O) groups excluding carboxylic acids is 2. The van der Waals surface area contributed by atoms with Crippen molar-refractivity contribution in [2.45, 2.75) is 31.6 Å². The molecule has 0 aromatic heterocycles. The number of carbonyl (C=O) groups is 2. The fourth-order valence-corrected chi connectivity index (χ4v) is 3.58. The van der Waals surface area contributed by atoms with E-state index in [9.17, 15) is 27.9 Å². The van der Waals surface area contributed by atoms with E-state index in [4.69, 9.17) is 11.6 Å². The number of aromatic hydroxyl groups is 1. The number of hydrogen-bond acceptors (Lipinski definition) is 4. The number of piperidine rings is 1. The van der Waals surface area contributed by atoms with Crippen LogP contribution in [0.3, 0.4) is 0 Å². The first-order valence-electron chi connectivity index (χ1n) is 9.61. The SMILES string of the molecule is Cl.O=C(NC1CCN(Cc2ccccc2)CC1)c1cc(Cl)c(NC(=O)C(F)(F)F)cc1O. The van der Waals surface area contributed by atoms with E-state index in [0.29, 0.717) is 12.8 Å². The minimum absolute atomic E-state index is 0. The number of likely N-dealkylation sites (tertiary alicyclic amines) is 1. The van der Waals surface area contributed by atoms with E-state index in [-0.39, 0.29) is 29.0 Å². The van der Waals surface area contributed by atoms with Gasteiger partial charge in [-0.25, -0.2) is 0 Å². The summed E-state index contributed by atoms with van der Waals surface area (Å²) in [6.07, 6.45) is -3.68. The van der Waals surface area contributed by atoms with E-state index >= 15 is 0 Å². The summed E-state index contributed by atoms with van der Waals surface area (Å²) in [6.45, 7) is 2.40. The number of amides is 2. The fourth-order valence-electron chi connectivity index (χ4n) is 3.37. The summed E-state index contributed by atoms with van der Waals surface area (Å²) < 4.78 is 37.2. The lowest BCUT2D eigenvalue weighted by atomic mass is 10.0. The molecule has 0 bridgehead atoms. The predicted molar refractivity (Wildman–Crippen MR) is 117 cm³/mol. The average molecular weight is 492 g/mol. The summed E-state index contributed by atoms with van der Waals surface area (Å²) >= 11 is 5.90. The van der Waals surface area contributed by atoms with Crippen LogP contribution < -0.4 is 10.6 Å². The minimum Gasteiger partial charge on any atom is -0.507 e. The molecule has 2 aromatic rings. The van der Waals surface area contributed by atoms with Gasteiger partial charge in [0.25, 0.3) is 5.91 Å². The van der Waals surface area contributed by atoms with Gasteiger partial charge in [-0.1, -0.05) is 41.9 Å². The van der Waals surface area contributed by atoms with Crippen molar-refractivity contribution in [1.82, 2.24) is 10.2 Å². The molecule has 2 aromatic carbocycles. The maximum atomic E-state index is 12.5. The third-order valence-electron chi connectivity index (χ3n) is 5.01. The lowest BCUT2D eigenvalue weighted by molar-refractivity contribution is -0.167. The molecule has 0 spiro atoms. The van der Waals surface area contributed by atoms with Gasteiger partial charge in [0, 0.05) is 31.7 Å². The van der Waals surface area contributed by atoms with Crippen molar-refractivity contribution in [3.63, 3.8) is 0 Å². The second-order valence-corrected chi connectivity index (χ2v) is 7.72. The number of halogens is 5. The maximum Gasteiger partial charge on any atom is 0.471 e. The van der Waals surface area contributed by atoms with Crippen molar-refractivity contribution in [3.05, 3.63) is 58.6 Å². The Hall–Kier alpha value is -2.49. The first-order chi connectivity index (χ1) is 14.6. The van der Waals surface area contributed by atoms with Crippen LogP contribution in [0.15, 0.2) is 42.5 Å². The largest absolute Gasteiger partial charge is 0.507 e. The van der Waals surface area contributed by atoms with Crippen LogP contribution in [0.4, 0.5) is 18.9 Å². The van der Waals surface area contributed by atoms with Crippen LogP contribution in [0.1, 0.15) is 28.8 Å². The molecule has 0 aliphatic carbocycles. The smallest absolute Gasteiger partial charge is 0.471 e. The Labute approximate surface area is 194 Å². The fraction of sp³-hybridized carbons (Fsp3) is 0.333. The third kappa shape index (κ3) is 6.75. The second-order valence-electron chi connectivity index (χ2n) is 7.31. The van der Waals surface area contributed by atoms with E-state index in [2.05, 4.69) is 22.3 Å². The molecule has 1 aliphatic rings. The van der Waals surface area contributed by atoms with Crippen molar-refractivity contribution >= 4 is 41.5 Å². The molecule has 1 fully saturated rings. The summed E-state index contributed by atoms with van der Waals surface area (Å²) in [4.78, 5) is 25.9. The van der Waals surface area contributed by atoms with E-state index in [1.165, 1.54) is 5.56 Å². The Balaban J connectivity index is 0.00000363. The van der Waals surface area contributed by atoms with Gasteiger partial charge in [0.05, 0.1) is 16.3 Å². The summed E-state index contributed by atoms with van der Waals surface area (Å²) in [5.41, 5.74) is 0.594. The zero-order valence-corrected chi connectivity index (χ0v) is 18.4. The van der Waals surface area contributed by atoms with E-state index in [1.54, 1.807) is 5.32 Å². The monoisotopic (exact) mass is 491 g/mol. The molecule has 2 amide bonds. The molecule has 6 nitrogen and oxygen atoms in total. The lowest BCUT2D eigenvalue weighted by Gasteiger charge is -2.32. The average Bonchev–Trinajstić information content (AvgIpc) is 2.72. The standard InChI is InChI=1S/C21H21ClF3N3O3.ClH/c22-16-10-15(18(29)11-17(16)27-20(31)21(23,24)25)19(30)26-14-6-8-28(9-7-14)12-13-4-2-1-3-5-13;/h1-5,10-11,14,29H,6-9,12H2,(H,26,30)(H,27,31);1H. The van der Waals surface area contributed by atoms with E-state index in [0.717, 1.165) is 31.8 Å². The van der Waals surface area contributed by atoms with Crippen molar-refractivity contribution < 1.29 is 27.9 Å². The van der Waals surface area contributed by atoms with Crippen molar-refractivity contribution in [3.8, 4) is 5.75 Å². The molecule has 0 radical (unpaired) electrons. The predicted octanol–water partition coefficient (Wildman–Crippen LogP) is 4.36. The van der Waals surface area contributed by atoms with Crippen LogP contribution in [0, 0.1) is 0 Å². The molecule has 0 unspecified atom stereocenters. The number of nitrogens with zero attached hydrogens (tertiary/aromatic N) is 1. The molecule has 1 heterocycles. The zero-order chi connectivity index (χ0) is 22.6. The molecule has 0 atom stereocenters. The highest BCUT2D eigenvalue weighted by Gasteiger charge is 2.39. The van der Waals surface area contributed by atoms with Gasteiger partial charge < -0.3 is 15.7 Å². The molecule has 1 saturated heterocycles. The zero-order valence-electron chi connectivity index (χ0n) is 16.8. The summed E-state index contributed by atoms with van der Waals surface area (Å²) in [6, 6.07) is 11.8. The van der Waals surface area contributed by atoms with Gasteiger partial charge in [-0.3, -0.25) is 14.5 Å². The van der Waals surface area contributed by atoms with Crippen LogP contribution in [0.25, 0.3) is 0 Å². The van der Waals surface area contributed by atoms with Crippen LogP contribution in [-0.4, -0.2) is 47.1 Å². The van der Waals surface area contributed by atoms with Gasteiger partial charge in [-0.15, -0.1) is 12.4 Å². The van der Waals surface area contributed by atoms with E-state index < -0.39 is 29.4 Å². The molecular weight excluding hydrogens is 470 g/mol. The normalized spacial score (nSPS) is 15.0. The van der Waals surface area contributed by atoms with Crippen molar-refractivity contribution in [2.24, 2.45) is 0 Å². The quantitative estimate of drug-likeness (QED) is 0.580. The van der Waals surface area contributed by atoms with Gasteiger partial charge in [0.15, 0.2) is 0 Å². The van der Waals surface area contributed by atoms with Crippen LogP contribution in [0.2, 0.25) is 5.02 Å². The van der Waals surface area contributed by atoms with Gasteiger partial charge in [-0.2, -0.15) is 13.2 Å². The molecule has 174 valence electrons. The number of anilines is 1. The Morgan fingerprint density at radius 1 is 1.12 bits per heavy atom. The maximum absolute atomic E-state index is 12.5. The number of alkyl halides is 3. The molecular formula is C21H22Cl2F3N3O3. The Morgan fingerprint density at radius 2 is 1.75 bits per heavy atom. The van der Waals surface area contributed by atoms with Crippen molar-refractivity contribution in [2.75, 3.05) is 18.4 Å². The van der Waals surface area contributed by atoms with Crippen LogP contribution in [-0.2, 0) is 11.3 Å². The number of hydrogen-bond donors (Lipinski definition) is 3. The Bertz CT molecular complexity index is 951. The number of nitrogens with one attached hydrogen (secondary N) is 2. The molecule has 0 saturated carbocycles. The highest BCUT2D eigenvalue weighted by molar-refractivity contribution is 6.34. The summed E-state index contributed by atoms with van der Waals surface area (Å²) in [5.74, 6) is -3.40. The number of rotatable bonds is 5. The highest BCUT2D eigenvalue weighted by atomic mass is 35.5. The highest BCUT2D eigenvalue weighted by Crippen LogP contribution is 2.31. The minimum atomic E-state index is -5.11. The van der Waals surface area contributed by atoms with Crippen molar-refractivity contribution in [1.29, 1.82) is 0 Å². The Morgan fingerprint density at radius 3 is 2.34 bits per heavy atom. The molecule has 1 aliphatic heterocycles. The first-order valence-corrected chi connectivity index (χ1v) is 9.99. The lowest BCUT2D eigenvalue weighted by Crippen LogP contribution is -2.44. The van der Waals surface area contributed by atoms with Crippen LogP contribution in [0.5, 0.6) is 5.75 Å². The number of benzene rings is 2. The number of phenolic OH excluding ortho intramolecular Hbond substituents is 1. The topological polar surface area (TPSA) is 81.7 Å². The molecule has 32 heavy (non-hydrogen) atoms. The van der Waals surface area contributed by atoms with Crippen LogP contribution >= 0.6 is 24.0 Å². The molecule has 3 rings (SSSR count). The van der Waals surface area contributed by atoms with E-state index in [1.807, 2.05) is 18.2 Å². The Kier molecular flexibility index (Phi) is 8.77. The van der Waals surface area contributed by atoms with Gasteiger partial charge in [0.1, 0.15) is 5.75 Å². The number of phenols is 1. The summed E-state index contributed by atoms with van der Waals surface area (Å²) in [5, 5.41) is 14.2. The molecule has 3 N–H and O–H groups in total.